The van der Waals surface area contributed by atoms with Crippen molar-refractivity contribution in [1.29, 1.82) is 0 Å². The summed E-state index contributed by atoms with van der Waals surface area (Å²) < 4.78 is 115. The minimum absolute atomic E-state index is 0.00130. The molecule has 85 heavy (non-hydrogen) atoms. The molecule has 3 aromatic heterocycles. The molecular formula is C66H83F7N8O4. The van der Waals surface area contributed by atoms with E-state index in [2.05, 4.69) is 52.6 Å². The van der Waals surface area contributed by atoms with Crippen LogP contribution in [0, 0.1) is 23.6 Å². The summed E-state index contributed by atoms with van der Waals surface area (Å²) in [5.74, 6) is -0.000365. The van der Waals surface area contributed by atoms with Crippen LogP contribution in [-0.4, -0.2) is 54.5 Å². The molecule has 3 aliphatic carbocycles. The molecule has 0 spiro atoms. The lowest BCUT2D eigenvalue weighted by Gasteiger charge is -2.19. The summed E-state index contributed by atoms with van der Waals surface area (Å²) in [6.07, 6.45) is 18.9. The van der Waals surface area contributed by atoms with Crippen LogP contribution in [-0.2, 0) is 46.6 Å². The van der Waals surface area contributed by atoms with Crippen LogP contribution >= 0.6 is 0 Å². The van der Waals surface area contributed by atoms with Gasteiger partial charge in [0.1, 0.15) is 47.7 Å². The van der Waals surface area contributed by atoms with Crippen LogP contribution in [0.2, 0.25) is 0 Å². The van der Waals surface area contributed by atoms with E-state index in [-0.39, 0.29) is 35.6 Å². The maximum Gasteiger partial charge on any atom is 0.434 e. The molecule has 3 fully saturated rings. The standard InChI is InChI=1S/C32H39F3N4O2.C30H34F4N4O2.C4H10/c1-5-8-26(40-20-23-10-12-25(13-11-23)31-38-28(19-39(31)4)32(3,34)35)16-18-36-22(2)29-27(41-21-33)9-6-7-17-37-30(29)24-14-15-24;1-6-17(2)27(26(20(5)39)19(4)22-7-8-22)35-12-11-18(3)40-16-21-13-24(31)28(36-14-21)29-37-25(30(32,33)34)15-38(29)23-9-10-23;1-4(2)3/h8-13,16,18-19,24,36H,5-7,14-15,17,20-21H2,1-4H3;11-15,22-23,39H,5-10,16H2,1-4H3;4H,1-3H3/b18-16-,26-8-,27-9-,29-22-,37-30?;18-11+,26-19-,27-17?,35-12?;. The molecule has 12 nitrogen and oxygen atoms in total. The molecule has 8 rings (SSSR count). The molecular weight excluding hydrogens is 1100 g/mol. The van der Waals surface area contributed by atoms with E-state index in [0.717, 1.165) is 116 Å². The Bertz CT molecular complexity index is 3220. The smallest absolute Gasteiger partial charge is 0.434 e. The fourth-order valence-corrected chi connectivity index (χ4v) is 8.99. The maximum absolute atomic E-state index is 15.0. The predicted octanol–water partition coefficient (Wildman–Crippen LogP) is 17.9. The molecule has 19 heteroatoms. The zero-order valence-corrected chi connectivity index (χ0v) is 50.9. The Hall–Kier alpha value is -7.44. The van der Waals surface area contributed by atoms with Crippen LogP contribution in [0.4, 0.5) is 30.7 Å². The molecule has 460 valence electrons. The van der Waals surface area contributed by atoms with Gasteiger partial charge < -0.3 is 33.8 Å². The fourth-order valence-electron chi connectivity index (χ4n) is 8.99. The lowest BCUT2D eigenvalue weighted by atomic mass is 9.97. The first-order chi connectivity index (χ1) is 40.3. The van der Waals surface area contributed by atoms with Crippen molar-refractivity contribution in [2.75, 3.05) is 13.4 Å². The number of nitrogens with zero attached hydrogens (tertiary/aromatic N) is 7. The third-order valence-electron chi connectivity index (χ3n) is 14.0. The predicted molar refractivity (Wildman–Crippen MR) is 322 cm³/mol. The van der Waals surface area contributed by atoms with Crippen molar-refractivity contribution in [2.24, 2.45) is 34.8 Å². The highest BCUT2D eigenvalue weighted by atomic mass is 19.4. The van der Waals surface area contributed by atoms with E-state index in [4.69, 9.17) is 19.2 Å². The van der Waals surface area contributed by atoms with Crippen molar-refractivity contribution in [3.63, 3.8) is 0 Å². The van der Waals surface area contributed by atoms with Crippen molar-refractivity contribution in [2.45, 2.75) is 165 Å². The number of imidazole rings is 2. The Kier molecular flexibility index (Phi) is 24.0. The van der Waals surface area contributed by atoms with Gasteiger partial charge >= 0.3 is 6.18 Å². The number of aliphatic imine (C=N–C) groups is 2. The summed E-state index contributed by atoms with van der Waals surface area (Å²) in [6.45, 7) is 23.0. The van der Waals surface area contributed by atoms with Crippen LogP contribution in [0.3, 0.4) is 0 Å². The van der Waals surface area contributed by atoms with E-state index >= 15 is 0 Å². The zero-order chi connectivity index (χ0) is 62.2. The van der Waals surface area contributed by atoms with Gasteiger partial charge in [0.25, 0.3) is 5.92 Å². The topological polar surface area (TPSA) is 133 Å². The van der Waals surface area contributed by atoms with Gasteiger partial charge in [0.2, 0.25) is 6.86 Å². The van der Waals surface area contributed by atoms with Gasteiger partial charge in [-0.25, -0.2) is 23.7 Å². The summed E-state index contributed by atoms with van der Waals surface area (Å²) in [6, 6.07) is 8.58. The number of nitrogens with one attached hydrogen (secondary N) is 1. The van der Waals surface area contributed by atoms with Gasteiger partial charge in [-0.3, -0.25) is 9.98 Å². The van der Waals surface area contributed by atoms with Crippen molar-refractivity contribution >= 4 is 11.9 Å². The number of aromatic nitrogens is 5. The van der Waals surface area contributed by atoms with Crippen LogP contribution < -0.4 is 5.32 Å². The van der Waals surface area contributed by atoms with Crippen LogP contribution in [0.25, 0.3) is 22.9 Å². The molecule has 1 aromatic carbocycles. The highest BCUT2D eigenvalue weighted by molar-refractivity contribution is 6.06. The van der Waals surface area contributed by atoms with Gasteiger partial charge in [0.15, 0.2) is 17.3 Å². The van der Waals surface area contributed by atoms with Crippen LogP contribution in [0.1, 0.15) is 162 Å². The minimum Gasteiger partial charge on any atom is -0.508 e. The van der Waals surface area contributed by atoms with Gasteiger partial charge in [0, 0.05) is 85.9 Å². The molecule has 3 saturated carbocycles. The maximum atomic E-state index is 15.0. The normalized spacial score (nSPS) is 18.0. The van der Waals surface area contributed by atoms with E-state index in [1.54, 1.807) is 30.8 Å². The number of ether oxygens (including phenoxy) is 3. The van der Waals surface area contributed by atoms with Gasteiger partial charge in [-0.05, 0) is 145 Å². The van der Waals surface area contributed by atoms with Crippen molar-refractivity contribution < 1.29 is 50.1 Å². The number of halogens is 7. The Balaban J connectivity index is 0.000000256. The third kappa shape index (κ3) is 19.8. The SMILES string of the molecule is C=C(O)/C(C(N=C/C=C(\C)OCc1cnc(-c2nc(C(F)(F)F)cn2C2CC2)c(F)c1)=C(C)CC)=C(\C)C1CC1.CC(C)C.CC/C=C(/C=C\N/C(C)=C1C(C2CC2)=NCCC\C=C\1OCF)OCc1ccc(-c2nc(C(C)(F)F)cn2C)cc1. The molecule has 4 heterocycles. The number of aliphatic hydroxyl groups is 1. The van der Waals surface area contributed by atoms with Crippen molar-refractivity contribution in [3.05, 3.63) is 171 Å². The Morgan fingerprint density at radius 1 is 0.918 bits per heavy atom. The molecule has 0 amide bonds. The molecule has 2 N–H and O–H groups in total. The number of hydrogen-bond acceptors (Lipinski definition) is 10. The number of aliphatic hydroxyl groups excluding tert-OH is 1. The summed E-state index contributed by atoms with van der Waals surface area (Å²) in [5.41, 5.74) is 6.69. The Morgan fingerprint density at radius 2 is 1.59 bits per heavy atom. The summed E-state index contributed by atoms with van der Waals surface area (Å²) in [5, 5.41) is 13.6. The van der Waals surface area contributed by atoms with Crippen molar-refractivity contribution in [1.82, 2.24) is 29.4 Å². The molecule has 0 radical (unpaired) electrons. The van der Waals surface area contributed by atoms with Crippen molar-refractivity contribution in [3.8, 4) is 22.9 Å². The molecule has 0 unspecified atom stereocenters. The lowest BCUT2D eigenvalue weighted by molar-refractivity contribution is -0.140. The number of alkyl halides is 6. The molecule has 4 aromatic rings. The van der Waals surface area contributed by atoms with Crippen LogP contribution in [0.15, 0.2) is 153 Å². The highest BCUT2D eigenvalue weighted by Crippen LogP contribution is 2.43. The number of aryl methyl sites for hydroxylation is 1. The van der Waals surface area contributed by atoms with E-state index in [0.29, 0.717) is 71.2 Å². The lowest BCUT2D eigenvalue weighted by Crippen LogP contribution is -2.18. The monoisotopic (exact) mass is 1180 g/mol. The zero-order valence-electron chi connectivity index (χ0n) is 50.9. The number of pyridine rings is 1. The minimum atomic E-state index is -4.63. The summed E-state index contributed by atoms with van der Waals surface area (Å²) in [4.78, 5) is 21.3. The molecule has 0 atom stereocenters. The molecule has 4 aliphatic rings. The second-order valence-electron chi connectivity index (χ2n) is 22.5. The number of hydrogen-bond donors (Lipinski definition) is 2. The quantitative estimate of drug-likeness (QED) is 0.0325. The van der Waals surface area contributed by atoms with E-state index in [9.17, 15) is 35.8 Å². The second kappa shape index (κ2) is 30.6. The van der Waals surface area contributed by atoms with Gasteiger partial charge in [0.05, 0.1) is 22.7 Å². The largest absolute Gasteiger partial charge is 0.508 e. The molecule has 0 bridgehead atoms. The van der Waals surface area contributed by atoms with E-state index < -0.39 is 30.5 Å². The number of allylic oxidation sites excluding steroid dienone is 9. The second-order valence-corrected chi connectivity index (χ2v) is 22.5. The van der Waals surface area contributed by atoms with Gasteiger partial charge in [-0.15, -0.1) is 0 Å². The Labute approximate surface area is 496 Å². The van der Waals surface area contributed by atoms with E-state index in [1.807, 2.05) is 83.3 Å². The number of benzene rings is 1. The molecule has 0 saturated heterocycles. The number of rotatable bonds is 23. The van der Waals surface area contributed by atoms with Gasteiger partial charge in [-0.2, -0.15) is 22.0 Å². The Morgan fingerprint density at radius 3 is 2.15 bits per heavy atom. The van der Waals surface area contributed by atoms with Crippen LogP contribution in [0.5, 0.6) is 0 Å². The third-order valence-corrected chi connectivity index (χ3v) is 14.0. The highest BCUT2D eigenvalue weighted by Gasteiger charge is 2.39. The first-order valence-electron chi connectivity index (χ1n) is 29.2. The first-order valence-corrected chi connectivity index (χ1v) is 29.2. The first kappa shape index (κ1) is 66.7. The average Bonchev–Trinajstić information content (AvgIpc) is 2.67. The van der Waals surface area contributed by atoms with Gasteiger partial charge in [-0.1, -0.05) is 71.0 Å². The average molecular weight is 1190 g/mol. The summed E-state index contributed by atoms with van der Waals surface area (Å²) in [7, 11) is 1.70. The summed E-state index contributed by atoms with van der Waals surface area (Å²) >= 11 is 0. The molecule has 1 aliphatic heterocycles. The fraction of sp³-hybridized carbons (Fsp3) is 0.470. The van der Waals surface area contributed by atoms with E-state index in [1.165, 1.54) is 23.0 Å².